The largest absolute Gasteiger partial charge is 0.487 e. The lowest BCUT2D eigenvalue weighted by atomic mass is 10.1. The van der Waals surface area contributed by atoms with Crippen molar-refractivity contribution >= 4 is 51.5 Å². The number of primary amides is 1. The van der Waals surface area contributed by atoms with Crippen molar-refractivity contribution in [1.29, 1.82) is 0 Å². The molecule has 40 heavy (non-hydrogen) atoms. The molecule has 0 aliphatic heterocycles. The first-order chi connectivity index (χ1) is 19.4. The Labute approximate surface area is 235 Å². The molecule has 1 aromatic heterocycles. The summed E-state index contributed by atoms with van der Waals surface area (Å²) in [7, 11) is 0. The fraction of sp³-hybridized carbons (Fsp3) is 0.200. The predicted octanol–water partition coefficient (Wildman–Crippen LogP) is 6.43. The van der Waals surface area contributed by atoms with Gasteiger partial charge in [-0.25, -0.2) is 14.4 Å². The van der Waals surface area contributed by atoms with Crippen LogP contribution in [0.3, 0.4) is 0 Å². The van der Waals surface area contributed by atoms with Crippen LogP contribution in [0, 0.1) is 5.82 Å². The Morgan fingerprint density at radius 1 is 1.02 bits per heavy atom. The minimum absolute atomic E-state index is 0.158. The van der Waals surface area contributed by atoms with Gasteiger partial charge < -0.3 is 21.1 Å². The van der Waals surface area contributed by atoms with E-state index in [0.29, 0.717) is 62.8 Å². The molecule has 0 unspecified atom stereocenters. The Kier molecular flexibility index (Phi) is 8.21. The summed E-state index contributed by atoms with van der Waals surface area (Å²) in [5, 5.41) is 7.25. The fourth-order valence-electron chi connectivity index (χ4n) is 4.72. The van der Waals surface area contributed by atoms with Gasteiger partial charge in [-0.15, -0.1) is 0 Å². The molecule has 0 saturated carbocycles. The fourth-order valence-corrected chi connectivity index (χ4v) is 4.96. The van der Waals surface area contributed by atoms with Gasteiger partial charge in [0.25, 0.3) is 0 Å². The summed E-state index contributed by atoms with van der Waals surface area (Å²) in [6, 6.07) is 16.8. The number of nitrogens with zero attached hydrogens (tertiary/aromatic N) is 2. The molecule has 1 aliphatic carbocycles. The number of aromatic nitrogens is 2. The second-order valence-electron chi connectivity index (χ2n) is 9.49. The number of rotatable bonds is 10. The minimum Gasteiger partial charge on any atom is -0.487 e. The van der Waals surface area contributed by atoms with E-state index in [1.54, 1.807) is 48.5 Å². The molecule has 5 rings (SSSR count). The van der Waals surface area contributed by atoms with Crippen molar-refractivity contribution in [2.45, 2.75) is 38.7 Å². The van der Waals surface area contributed by atoms with Crippen LogP contribution in [-0.4, -0.2) is 21.8 Å². The molecule has 0 bridgehead atoms. The number of allylic oxidation sites excluding steroid dienone is 1. The third-order valence-electron chi connectivity index (χ3n) is 6.68. The van der Waals surface area contributed by atoms with Gasteiger partial charge in [0.15, 0.2) is 0 Å². The van der Waals surface area contributed by atoms with Gasteiger partial charge in [-0.2, -0.15) is 0 Å². The standard InChI is InChI=1S/C30H27ClFN5O3/c31-25-15-22(9-11-27(25)40-16-18-3-1-5-20(32)13-18)37-30-24-14-21(8-10-26(24)34-17-35-30)36-28(38)12-7-19-4-2-6-23(19)29(33)39/h1,3,5,8-11,13-15,17H,2,4,6-7,12,16H2,(H2,33,39)(H,36,38)(H,34,35,37). The first-order valence-electron chi connectivity index (χ1n) is 12.8. The monoisotopic (exact) mass is 559 g/mol. The van der Waals surface area contributed by atoms with E-state index in [1.165, 1.54) is 18.5 Å². The number of fused-ring (bicyclic) bond motifs is 1. The van der Waals surface area contributed by atoms with Gasteiger partial charge in [0.1, 0.15) is 30.3 Å². The highest BCUT2D eigenvalue weighted by Gasteiger charge is 2.19. The molecular weight excluding hydrogens is 533 g/mol. The molecule has 4 aromatic rings. The molecule has 0 spiro atoms. The van der Waals surface area contributed by atoms with E-state index >= 15 is 0 Å². The maximum atomic E-state index is 13.4. The van der Waals surface area contributed by atoms with E-state index in [4.69, 9.17) is 22.1 Å². The van der Waals surface area contributed by atoms with Crippen molar-refractivity contribution in [3.05, 3.63) is 94.5 Å². The van der Waals surface area contributed by atoms with Crippen molar-refractivity contribution in [1.82, 2.24) is 9.97 Å². The predicted molar refractivity (Wildman–Crippen MR) is 153 cm³/mol. The zero-order chi connectivity index (χ0) is 28.1. The van der Waals surface area contributed by atoms with Crippen LogP contribution in [0.15, 0.2) is 78.1 Å². The molecular formula is C30H27ClFN5O3. The molecule has 8 nitrogen and oxygen atoms in total. The highest BCUT2D eigenvalue weighted by Crippen LogP contribution is 2.32. The summed E-state index contributed by atoms with van der Waals surface area (Å²) in [6.07, 6.45) is 4.60. The maximum Gasteiger partial charge on any atom is 0.244 e. The Morgan fingerprint density at radius 2 is 1.88 bits per heavy atom. The van der Waals surface area contributed by atoms with E-state index < -0.39 is 5.91 Å². The molecule has 1 heterocycles. The zero-order valence-electron chi connectivity index (χ0n) is 21.5. The third kappa shape index (κ3) is 6.55. The number of ether oxygens (including phenoxy) is 1. The van der Waals surface area contributed by atoms with E-state index in [-0.39, 0.29) is 24.8 Å². The average molecular weight is 560 g/mol. The molecule has 0 radical (unpaired) electrons. The molecule has 2 amide bonds. The van der Waals surface area contributed by atoms with Crippen LogP contribution in [0.2, 0.25) is 5.02 Å². The van der Waals surface area contributed by atoms with E-state index in [9.17, 15) is 14.0 Å². The first kappa shape index (κ1) is 27.1. The van der Waals surface area contributed by atoms with Crippen LogP contribution in [0.4, 0.5) is 21.6 Å². The molecule has 10 heteroatoms. The zero-order valence-corrected chi connectivity index (χ0v) is 22.3. The second-order valence-corrected chi connectivity index (χ2v) is 9.90. The van der Waals surface area contributed by atoms with E-state index in [2.05, 4.69) is 20.6 Å². The summed E-state index contributed by atoms with van der Waals surface area (Å²) >= 11 is 6.45. The number of benzene rings is 3. The number of nitrogens with two attached hydrogens (primary N) is 1. The van der Waals surface area contributed by atoms with E-state index in [0.717, 1.165) is 18.4 Å². The summed E-state index contributed by atoms with van der Waals surface area (Å²) in [5.74, 6) is 0.120. The van der Waals surface area contributed by atoms with Crippen LogP contribution in [0.5, 0.6) is 5.75 Å². The normalized spacial score (nSPS) is 12.9. The van der Waals surface area contributed by atoms with Gasteiger partial charge in [0, 0.05) is 28.8 Å². The Hall–Kier alpha value is -4.50. The van der Waals surface area contributed by atoms with Crippen molar-refractivity contribution < 1.29 is 18.7 Å². The molecule has 0 saturated heterocycles. The molecule has 204 valence electrons. The van der Waals surface area contributed by atoms with Gasteiger partial charge in [-0.05, 0) is 79.8 Å². The summed E-state index contributed by atoms with van der Waals surface area (Å²) < 4.78 is 19.2. The summed E-state index contributed by atoms with van der Waals surface area (Å²) in [5.41, 5.74) is 9.76. The van der Waals surface area contributed by atoms with Gasteiger partial charge >= 0.3 is 0 Å². The van der Waals surface area contributed by atoms with Crippen molar-refractivity contribution in [3.8, 4) is 5.75 Å². The quantitative estimate of drug-likeness (QED) is 0.206. The van der Waals surface area contributed by atoms with Crippen LogP contribution >= 0.6 is 11.6 Å². The van der Waals surface area contributed by atoms with Crippen molar-refractivity contribution in [2.24, 2.45) is 5.73 Å². The smallest absolute Gasteiger partial charge is 0.244 e. The number of carbonyl (C=O) groups is 2. The molecule has 3 aromatic carbocycles. The van der Waals surface area contributed by atoms with Gasteiger partial charge in [-0.1, -0.05) is 29.3 Å². The van der Waals surface area contributed by atoms with Crippen molar-refractivity contribution in [2.75, 3.05) is 10.6 Å². The van der Waals surface area contributed by atoms with Gasteiger partial charge in [0.05, 0.1) is 10.5 Å². The molecule has 4 N–H and O–H groups in total. The molecule has 0 fully saturated rings. The number of anilines is 3. The third-order valence-corrected chi connectivity index (χ3v) is 6.98. The van der Waals surface area contributed by atoms with Crippen molar-refractivity contribution in [3.63, 3.8) is 0 Å². The Bertz CT molecular complexity index is 1620. The molecule has 1 aliphatic rings. The minimum atomic E-state index is -0.394. The number of amides is 2. The maximum absolute atomic E-state index is 13.4. The van der Waals surface area contributed by atoms with Gasteiger partial charge in [0.2, 0.25) is 11.8 Å². The van der Waals surface area contributed by atoms with Gasteiger partial charge in [-0.3, -0.25) is 9.59 Å². The first-order valence-corrected chi connectivity index (χ1v) is 13.2. The number of hydrogen-bond donors (Lipinski definition) is 3. The average Bonchev–Trinajstić information content (AvgIpc) is 3.41. The summed E-state index contributed by atoms with van der Waals surface area (Å²) in [6.45, 7) is 0.180. The van der Waals surface area contributed by atoms with Crippen LogP contribution < -0.4 is 21.1 Å². The topological polar surface area (TPSA) is 119 Å². The lowest BCUT2D eigenvalue weighted by Gasteiger charge is -2.13. The van der Waals surface area contributed by atoms with Crippen LogP contribution in [0.25, 0.3) is 10.9 Å². The number of carbonyl (C=O) groups excluding carboxylic acids is 2. The lowest BCUT2D eigenvalue weighted by molar-refractivity contribution is -0.116. The number of nitrogens with one attached hydrogen (secondary N) is 2. The highest BCUT2D eigenvalue weighted by molar-refractivity contribution is 6.32. The lowest BCUT2D eigenvalue weighted by Crippen LogP contribution is -2.15. The summed E-state index contributed by atoms with van der Waals surface area (Å²) in [4.78, 5) is 32.9. The SMILES string of the molecule is NC(=O)C1=C(CCC(=O)Nc2ccc3ncnc(Nc4ccc(OCc5cccc(F)c5)c(Cl)c4)c3c2)CCC1. The number of hydrogen-bond acceptors (Lipinski definition) is 6. The van der Waals surface area contributed by atoms with E-state index in [1.807, 2.05) is 0 Å². The molecule has 0 atom stereocenters. The van der Waals surface area contributed by atoms with Crippen LogP contribution in [-0.2, 0) is 16.2 Å². The Balaban J connectivity index is 1.26. The Morgan fingerprint density at radius 3 is 2.67 bits per heavy atom. The second kappa shape index (κ2) is 12.1. The van der Waals surface area contributed by atoms with Crippen LogP contribution in [0.1, 0.15) is 37.7 Å². The number of halogens is 2. The highest BCUT2D eigenvalue weighted by atomic mass is 35.5.